The predicted octanol–water partition coefficient (Wildman–Crippen LogP) is 3.83. The number of methoxy groups -OCH3 is 1. The molecule has 180 valence electrons. The molecular weight excluding hydrogens is 480 g/mol. The zero-order valence-corrected chi connectivity index (χ0v) is 20.3. The Balaban J connectivity index is 1.55. The molecule has 12 heteroatoms. The van der Waals surface area contributed by atoms with Crippen LogP contribution in [0.3, 0.4) is 0 Å². The molecule has 3 aromatic rings. The van der Waals surface area contributed by atoms with E-state index in [0.717, 1.165) is 36.5 Å². The number of sulfonamides is 1. The molecule has 34 heavy (non-hydrogen) atoms. The summed E-state index contributed by atoms with van der Waals surface area (Å²) in [5, 5.41) is 6.51. The minimum Gasteiger partial charge on any atom is -0.495 e. The minimum atomic E-state index is -3.46. The lowest BCUT2D eigenvalue weighted by molar-refractivity contribution is 0.122. The van der Waals surface area contributed by atoms with E-state index in [2.05, 4.69) is 30.2 Å². The van der Waals surface area contributed by atoms with E-state index >= 15 is 0 Å². The highest BCUT2D eigenvalue weighted by Crippen LogP contribution is 2.33. The van der Waals surface area contributed by atoms with Crippen LogP contribution in [-0.4, -0.2) is 58.1 Å². The third-order valence-corrected chi connectivity index (χ3v) is 5.87. The monoisotopic (exact) mass is 504 g/mol. The highest BCUT2D eigenvalue weighted by Gasteiger charge is 2.16. The Kier molecular flexibility index (Phi) is 7.25. The zero-order valence-electron chi connectivity index (χ0n) is 18.7. The van der Waals surface area contributed by atoms with Crippen molar-refractivity contribution in [2.75, 3.05) is 59.9 Å². The molecule has 1 saturated heterocycles. The van der Waals surface area contributed by atoms with Crippen LogP contribution >= 0.6 is 11.6 Å². The van der Waals surface area contributed by atoms with E-state index in [4.69, 9.17) is 21.1 Å². The molecule has 0 saturated carbocycles. The normalized spacial score (nSPS) is 13.9. The largest absolute Gasteiger partial charge is 0.495 e. The Hall–Kier alpha value is -3.28. The van der Waals surface area contributed by atoms with Crippen LogP contribution in [0.1, 0.15) is 0 Å². The zero-order chi connectivity index (χ0) is 24.1. The van der Waals surface area contributed by atoms with E-state index in [-0.39, 0.29) is 5.02 Å². The fraction of sp³-hybridized carbons (Fsp3) is 0.273. The average molecular weight is 505 g/mol. The maximum atomic E-state index is 11.7. The van der Waals surface area contributed by atoms with Crippen LogP contribution in [-0.2, 0) is 14.8 Å². The summed E-state index contributed by atoms with van der Waals surface area (Å²) in [5.41, 5.74) is 2.60. The average Bonchev–Trinajstić information content (AvgIpc) is 2.82. The molecule has 4 rings (SSSR count). The molecule has 1 aromatic heterocycles. The molecule has 2 aromatic carbocycles. The number of anilines is 6. The molecule has 0 bridgehead atoms. The number of hydrogen-bond donors (Lipinski definition) is 3. The van der Waals surface area contributed by atoms with Crippen molar-refractivity contribution in [1.82, 2.24) is 9.97 Å². The van der Waals surface area contributed by atoms with Crippen LogP contribution in [0.4, 0.5) is 34.5 Å². The van der Waals surface area contributed by atoms with Gasteiger partial charge in [-0.2, -0.15) is 4.98 Å². The van der Waals surface area contributed by atoms with Crippen LogP contribution in [0.25, 0.3) is 0 Å². The second kappa shape index (κ2) is 10.3. The number of para-hydroxylation sites is 2. The summed E-state index contributed by atoms with van der Waals surface area (Å²) >= 11 is 6.30. The molecule has 1 fully saturated rings. The van der Waals surface area contributed by atoms with Gasteiger partial charge < -0.3 is 25.0 Å². The van der Waals surface area contributed by atoms with Gasteiger partial charge in [0.2, 0.25) is 16.0 Å². The fourth-order valence-electron chi connectivity index (χ4n) is 3.47. The first kappa shape index (κ1) is 23.9. The predicted molar refractivity (Wildman–Crippen MR) is 135 cm³/mol. The molecular formula is C22H25ClN6O4S. The van der Waals surface area contributed by atoms with Gasteiger partial charge >= 0.3 is 0 Å². The molecule has 0 atom stereocenters. The Morgan fingerprint density at radius 2 is 1.82 bits per heavy atom. The molecule has 1 aliphatic heterocycles. The van der Waals surface area contributed by atoms with E-state index in [9.17, 15) is 8.42 Å². The van der Waals surface area contributed by atoms with Crippen LogP contribution in [0.2, 0.25) is 5.02 Å². The lowest BCUT2D eigenvalue weighted by Crippen LogP contribution is -2.36. The number of halogens is 1. The first-order valence-corrected chi connectivity index (χ1v) is 12.7. The van der Waals surface area contributed by atoms with Gasteiger partial charge in [0.1, 0.15) is 10.8 Å². The molecule has 0 amide bonds. The van der Waals surface area contributed by atoms with Crippen molar-refractivity contribution in [3.8, 4) is 5.75 Å². The van der Waals surface area contributed by atoms with Gasteiger partial charge in [0.05, 0.1) is 49.8 Å². The number of aromatic nitrogens is 2. The second-order valence-electron chi connectivity index (χ2n) is 7.55. The summed E-state index contributed by atoms with van der Waals surface area (Å²) in [7, 11) is -1.83. The Morgan fingerprint density at radius 1 is 1.09 bits per heavy atom. The highest BCUT2D eigenvalue weighted by atomic mass is 35.5. The first-order chi connectivity index (χ1) is 16.3. The summed E-state index contributed by atoms with van der Waals surface area (Å²) in [5.74, 6) is 1.35. The topological polar surface area (TPSA) is 118 Å². The van der Waals surface area contributed by atoms with Crippen LogP contribution in [0.5, 0.6) is 5.75 Å². The molecule has 2 heterocycles. The summed E-state index contributed by atoms with van der Waals surface area (Å²) in [6.07, 6.45) is 2.55. The van der Waals surface area contributed by atoms with Crippen molar-refractivity contribution < 1.29 is 17.9 Å². The van der Waals surface area contributed by atoms with Crippen molar-refractivity contribution >= 4 is 56.1 Å². The number of morpholine rings is 1. The molecule has 0 aliphatic carbocycles. The molecule has 0 unspecified atom stereocenters. The third-order valence-electron chi connectivity index (χ3n) is 5.01. The lowest BCUT2D eigenvalue weighted by atomic mass is 10.2. The number of benzene rings is 2. The van der Waals surface area contributed by atoms with E-state index in [1.54, 1.807) is 31.4 Å². The number of hydrogen-bond acceptors (Lipinski definition) is 9. The Morgan fingerprint density at radius 3 is 2.53 bits per heavy atom. The maximum Gasteiger partial charge on any atom is 0.229 e. The smallest absolute Gasteiger partial charge is 0.229 e. The van der Waals surface area contributed by atoms with Crippen LogP contribution in [0.15, 0.2) is 48.7 Å². The van der Waals surface area contributed by atoms with Crippen molar-refractivity contribution in [2.24, 2.45) is 0 Å². The van der Waals surface area contributed by atoms with Gasteiger partial charge in [-0.15, -0.1) is 0 Å². The SMILES string of the molecule is COc1cc(Nc2ncc(Cl)c(Nc3ccccc3NS(C)(=O)=O)n2)ccc1N1CCOCC1. The fourth-order valence-corrected chi connectivity index (χ4v) is 4.19. The van der Waals surface area contributed by atoms with Crippen molar-refractivity contribution in [1.29, 1.82) is 0 Å². The number of ether oxygens (including phenoxy) is 2. The summed E-state index contributed by atoms with van der Waals surface area (Å²) in [6.45, 7) is 2.96. The van der Waals surface area contributed by atoms with Crippen LogP contribution in [0, 0.1) is 0 Å². The first-order valence-electron chi connectivity index (χ1n) is 10.5. The van der Waals surface area contributed by atoms with Gasteiger partial charge in [-0.1, -0.05) is 23.7 Å². The quantitative estimate of drug-likeness (QED) is 0.420. The molecule has 10 nitrogen and oxygen atoms in total. The standard InChI is InChI=1S/C22H25ClN6O4S/c1-32-20-13-15(7-8-19(20)29-9-11-33-12-10-29)25-22-24-14-16(23)21(27-22)26-17-5-3-4-6-18(17)28-34(2,30)31/h3-8,13-14,28H,9-12H2,1-2H3,(H2,24,25,26,27). The number of nitrogens with zero attached hydrogens (tertiary/aromatic N) is 3. The van der Waals surface area contributed by atoms with Gasteiger partial charge in [0.15, 0.2) is 5.82 Å². The molecule has 1 aliphatic rings. The lowest BCUT2D eigenvalue weighted by Gasteiger charge is -2.30. The third kappa shape index (κ3) is 5.99. The summed E-state index contributed by atoms with van der Waals surface area (Å²) in [4.78, 5) is 10.9. The van der Waals surface area contributed by atoms with Crippen molar-refractivity contribution in [3.63, 3.8) is 0 Å². The summed E-state index contributed by atoms with van der Waals surface area (Å²) in [6, 6.07) is 12.6. The van der Waals surface area contributed by atoms with Crippen molar-refractivity contribution in [2.45, 2.75) is 0 Å². The van der Waals surface area contributed by atoms with Gasteiger partial charge in [0, 0.05) is 24.8 Å². The van der Waals surface area contributed by atoms with Gasteiger partial charge in [-0.25, -0.2) is 13.4 Å². The van der Waals surface area contributed by atoms with Crippen molar-refractivity contribution in [3.05, 3.63) is 53.7 Å². The van der Waals surface area contributed by atoms with E-state index in [0.29, 0.717) is 36.4 Å². The number of rotatable bonds is 8. The maximum absolute atomic E-state index is 11.7. The Labute approximate surface area is 203 Å². The Bertz CT molecular complexity index is 1270. The van der Waals surface area contributed by atoms with Gasteiger partial charge in [0.25, 0.3) is 0 Å². The van der Waals surface area contributed by atoms with Gasteiger partial charge in [-0.3, -0.25) is 4.72 Å². The van der Waals surface area contributed by atoms with E-state index in [1.807, 2.05) is 18.2 Å². The van der Waals surface area contributed by atoms with Gasteiger partial charge in [-0.05, 0) is 24.3 Å². The van der Waals surface area contributed by atoms with Crippen LogP contribution < -0.4 is 25.0 Å². The number of nitrogens with one attached hydrogen (secondary N) is 3. The highest BCUT2D eigenvalue weighted by molar-refractivity contribution is 7.92. The van der Waals surface area contributed by atoms with E-state index < -0.39 is 10.0 Å². The molecule has 3 N–H and O–H groups in total. The minimum absolute atomic E-state index is 0.278. The molecule has 0 spiro atoms. The molecule has 0 radical (unpaired) electrons. The summed E-state index contributed by atoms with van der Waals surface area (Å²) < 4.78 is 36.9. The second-order valence-corrected chi connectivity index (χ2v) is 9.70. The van der Waals surface area contributed by atoms with E-state index in [1.165, 1.54) is 6.20 Å².